The van der Waals surface area contributed by atoms with Crippen LogP contribution in [0.1, 0.15) is 16.7 Å². The molecule has 0 aliphatic carbocycles. The van der Waals surface area contributed by atoms with Crippen LogP contribution in [0.5, 0.6) is 5.75 Å². The SMILES string of the molecule is C[SH](=O)=O.Oc1c(/C=C/c2ccccc2)cccc1CCl. The lowest BCUT2D eigenvalue weighted by molar-refractivity contribution is 0.469. The number of hydrogen-bond donors (Lipinski definition) is 2. The molecule has 0 aromatic heterocycles. The summed E-state index contributed by atoms with van der Waals surface area (Å²) in [7, 11) is -2.12. The number of halogens is 1. The van der Waals surface area contributed by atoms with E-state index in [1.807, 2.05) is 60.7 Å². The third-order valence-corrected chi connectivity index (χ3v) is 2.84. The molecule has 21 heavy (non-hydrogen) atoms. The summed E-state index contributed by atoms with van der Waals surface area (Å²) in [4.78, 5) is 0. The number of aromatic hydroxyl groups is 1. The van der Waals surface area contributed by atoms with Gasteiger partial charge in [0.15, 0.2) is 0 Å². The first kappa shape index (κ1) is 17.3. The minimum absolute atomic E-state index is 0.259. The van der Waals surface area contributed by atoms with Gasteiger partial charge in [-0.2, -0.15) is 0 Å². The van der Waals surface area contributed by atoms with Crippen LogP contribution in [0.15, 0.2) is 48.5 Å². The van der Waals surface area contributed by atoms with E-state index in [1.165, 1.54) is 0 Å². The highest BCUT2D eigenvalue weighted by Gasteiger charge is 2.02. The van der Waals surface area contributed by atoms with E-state index < -0.39 is 10.7 Å². The molecule has 0 atom stereocenters. The molecule has 0 heterocycles. The van der Waals surface area contributed by atoms with Gasteiger partial charge in [-0.25, -0.2) is 8.42 Å². The van der Waals surface area contributed by atoms with Crippen molar-refractivity contribution in [2.75, 3.05) is 6.26 Å². The smallest absolute Gasteiger partial charge is 0.137 e. The van der Waals surface area contributed by atoms with Gasteiger partial charge in [-0.05, 0) is 5.56 Å². The molecule has 5 heteroatoms. The number of alkyl halides is 1. The first-order valence-electron chi connectivity index (χ1n) is 6.22. The Morgan fingerprint density at radius 1 is 1.05 bits per heavy atom. The minimum atomic E-state index is -2.12. The lowest BCUT2D eigenvalue weighted by Crippen LogP contribution is -1.82. The van der Waals surface area contributed by atoms with Crippen LogP contribution in [-0.2, 0) is 16.6 Å². The van der Waals surface area contributed by atoms with Crippen LogP contribution in [0.4, 0.5) is 0 Å². The highest BCUT2D eigenvalue weighted by atomic mass is 35.5. The van der Waals surface area contributed by atoms with E-state index >= 15 is 0 Å². The maximum atomic E-state index is 9.93. The normalized spacial score (nSPS) is 10.4. The van der Waals surface area contributed by atoms with Crippen LogP contribution in [0.25, 0.3) is 12.2 Å². The van der Waals surface area contributed by atoms with E-state index in [-0.39, 0.29) is 5.75 Å². The second-order valence-corrected chi connectivity index (χ2v) is 5.32. The van der Waals surface area contributed by atoms with Gasteiger partial charge in [0.05, 0.1) is 5.88 Å². The van der Waals surface area contributed by atoms with Gasteiger partial charge in [0, 0.05) is 17.4 Å². The van der Waals surface area contributed by atoms with Crippen molar-refractivity contribution in [2.24, 2.45) is 0 Å². The molecule has 0 unspecified atom stereocenters. The Bertz CT molecular complexity index is 656. The number of phenols is 1. The first-order chi connectivity index (χ1) is 10.0. The molecule has 112 valence electrons. The van der Waals surface area contributed by atoms with Crippen LogP contribution in [0.2, 0.25) is 0 Å². The summed E-state index contributed by atoms with van der Waals surface area (Å²) in [5.41, 5.74) is 2.64. The van der Waals surface area contributed by atoms with E-state index in [1.54, 1.807) is 0 Å². The van der Waals surface area contributed by atoms with Gasteiger partial charge in [0.25, 0.3) is 0 Å². The first-order valence-corrected chi connectivity index (χ1v) is 8.38. The average Bonchev–Trinajstić information content (AvgIpc) is 2.47. The van der Waals surface area contributed by atoms with Crippen LogP contribution < -0.4 is 0 Å². The number of rotatable bonds is 3. The quantitative estimate of drug-likeness (QED) is 0.516. The van der Waals surface area contributed by atoms with E-state index in [2.05, 4.69) is 0 Å². The van der Waals surface area contributed by atoms with Gasteiger partial charge in [-0.15, -0.1) is 11.6 Å². The fourth-order valence-electron chi connectivity index (χ4n) is 1.60. The predicted molar refractivity (Wildman–Crippen MR) is 89.3 cm³/mol. The Labute approximate surface area is 131 Å². The van der Waals surface area contributed by atoms with E-state index in [0.29, 0.717) is 5.88 Å². The number of thiol groups is 1. The molecule has 0 amide bonds. The van der Waals surface area contributed by atoms with Crippen molar-refractivity contribution in [2.45, 2.75) is 5.88 Å². The predicted octanol–water partition coefficient (Wildman–Crippen LogP) is 3.53. The van der Waals surface area contributed by atoms with Gasteiger partial charge in [-0.3, -0.25) is 0 Å². The molecular weight excluding hydrogens is 308 g/mol. The zero-order chi connectivity index (χ0) is 15.7. The maximum absolute atomic E-state index is 9.93. The number of phenolic OH excluding ortho intramolecular Hbond substituents is 1. The highest BCUT2D eigenvalue weighted by molar-refractivity contribution is 7.71. The summed E-state index contributed by atoms with van der Waals surface area (Å²) in [6, 6.07) is 15.5. The summed E-state index contributed by atoms with van der Waals surface area (Å²) in [5.74, 6) is 0.577. The molecule has 0 aliphatic rings. The van der Waals surface area contributed by atoms with Crippen LogP contribution in [0.3, 0.4) is 0 Å². The maximum Gasteiger partial charge on any atom is 0.137 e. The van der Waals surface area contributed by atoms with Crippen LogP contribution >= 0.6 is 11.6 Å². The number of benzene rings is 2. The Balaban J connectivity index is 0.000000491. The number of para-hydroxylation sites is 1. The largest absolute Gasteiger partial charge is 0.507 e. The third kappa shape index (κ3) is 6.47. The van der Waals surface area contributed by atoms with Gasteiger partial charge in [0.2, 0.25) is 0 Å². The summed E-state index contributed by atoms with van der Waals surface area (Å²) >= 11 is 5.74. The van der Waals surface area contributed by atoms with Crippen LogP contribution in [0, 0.1) is 0 Å². The van der Waals surface area contributed by atoms with Gasteiger partial charge >= 0.3 is 0 Å². The van der Waals surface area contributed by atoms with E-state index in [0.717, 1.165) is 22.9 Å². The Morgan fingerprint density at radius 2 is 1.67 bits per heavy atom. The molecule has 0 aliphatic heterocycles. The zero-order valence-corrected chi connectivity index (χ0v) is 13.2. The molecule has 2 rings (SSSR count). The third-order valence-electron chi connectivity index (χ3n) is 2.55. The second kappa shape index (κ2) is 9.21. The molecule has 0 saturated heterocycles. The molecule has 0 fully saturated rings. The second-order valence-electron chi connectivity index (χ2n) is 4.17. The Morgan fingerprint density at radius 3 is 2.24 bits per heavy atom. The van der Waals surface area contributed by atoms with Crippen molar-refractivity contribution < 1.29 is 13.5 Å². The lowest BCUT2D eigenvalue weighted by atomic mass is 10.1. The topological polar surface area (TPSA) is 54.4 Å². The minimum Gasteiger partial charge on any atom is -0.507 e. The summed E-state index contributed by atoms with van der Waals surface area (Å²) in [6.07, 6.45) is 4.98. The van der Waals surface area contributed by atoms with Crippen molar-refractivity contribution >= 4 is 34.5 Å². The Kier molecular flexibility index (Phi) is 7.58. The fraction of sp³-hybridized carbons (Fsp3) is 0.125. The summed E-state index contributed by atoms with van der Waals surface area (Å²) < 4.78 is 18.1. The summed E-state index contributed by atoms with van der Waals surface area (Å²) in [6.45, 7) is 0. The average molecular weight is 325 g/mol. The lowest BCUT2D eigenvalue weighted by Gasteiger charge is -2.03. The molecule has 0 saturated carbocycles. The van der Waals surface area contributed by atoms with Gasteiger partial charge in [0.1, 0.15) is 16.5 Å². The van der Waals surface area contributed by atoms with E-state index in [9.17, 15) is 5.11 Å². The molecular formula is C16H17ClO3S. The molecule has 1 N–H and O–H groups in total. The zero-order valence-electron chi connectivity index (χ0n) is 11.6. The highest BCUT2D eigenvalue weighted by Crippen LogP contribution is 2.25. The fourth-order valence-corrected chi connectivity index (χ4v) is 1.82. The van der Waals surface area contributed by atoms with Crippen molar-refractivity contribution in [3.8, 4) is 5.75 Å². The van der Waals surface area contributed by atoms with Crippen molar-refractivity contribution in [1.29, 1.82) is 0 Å². The number of hydrogen-bond acceptors (Lipinski definition) is 3. The molecule has 0 bridgehead atoms. The van der Waals surface area contributed by atoms with Crippen molar-refractivity contribution in [1.82, 2.24) is 0 Å². The molecule has 3 nitrogen and oxygen atoms in total. The Hall–Kier alpha value is -1.78. The molecule has 0 spiro atoms. The summed E-state index contributed by atoms with van der Waals surface area (Å²) in [5, 5.41) is 9.93. The van der Waals surface area contributed by atoms with Crippen molar-refractivity contribution in [3.05, 3.63) is 65.2 Å². The van der Waals surface area contributed by atoms with Gasteiger partial charge in [-0.1, -0.05) is 60.7 Å². The standard InChI is InChI=1S/C15H13ClO.CH4O2S/c16-11-14-8-4-7-13(15(14)17)10-9-12-5-2-1-3-6-12;1-4(2)3/h1-10,17H,11H2;4H,1H3/b10-9+;. The monoisotopic (exact) mass is 324 g/mol. The van der Waals surface area contributed by atoms with E-state index in [4.69, 9.17) is 20.0 Å². The molecule has 0 radical (unpaired) electrons. The van der Waals surface area contributed by atoms with Crippen molar-refractivity contribution in [3.63, 3.8) is 0 Å². The molecule has 2 aromatic carbocycles. The molecule has 2 aromatic rings. The van der Waals surface area contributed by atoms with Crippen LogP contribution in [-0.4, -0.2) is 19.8 Å². The van der Waals surface area contributed by atoms with Gasteiger partial charge < -0.3 is 5.11 Å².